The summed E-state index contributed by atoms with van der Waals surface area (Å²) in [6, 6.07) is 12.0. The Morgan fingerprint density at radius 1 is 1.18 bits per heavy atom. The number of amides is 1. The number of ether oxygens (including phenoxy) is 1. The normalized spacial score (nSPS) is 10.9. The van der Waals surface area contributed by atoms with E-state index in [0.29, 0.717) is 28.9 Å². The molecular formula is C25H28FN3O3S2. The maximum atomic E-state index is 13.7. The van der Waals surface area contributed by atoms with Gasteiger partial charge in [0, 0.05) is 28.1 Å². The van der Waals surface area contributed by atoms with Gasteiger partial charge in [0.15, 0.2) is 5.13 Å². The van der Waals surface area contributed by atoms with Crippen molar-refractivity contribution in [2.75, 3.05) is 23.5 Å². The second kappa shape index (κ2) is 12.5. The van der Waals surface area contributed by atoms with Gasteiger partial charge in [-0.2, -0.15) is 0 Å². The number of halogens is 1. The first-order chi connectivity index (χ1) is 16.3. The van der Waals surface area contributed by atoms with E-state index in [2.05, 4.69) is 34.2 Å². The van der Waals surface area contributed by atoms with Gasteiger partial charge in [0.05, 0.1) is 19.2 Å². The van der Waals surface area contributed by atoms with Gasteiger partial charge in [-0.05, 0) is 54.0 Å². The van der Waals surface area contributed by atoms with Crippen molar-refractivity contribution in [3.05, 3.63) is 70.5 Å². The molecule has 3 aromatic rings. The van der Waals surface area contributed by atoms with Gasteiger partial charge >= 0.3 is 5.97 Å². The van der Waals surface area contributed by atoms with Crippen molar-refractivity contribution in [1.82, 2.24) is 4.98 Å². The van der Waals surface area contributed by atoms with Gasteiger partial charge in [-0.15, -0.1) is 23.1 Å². The predicted octanol–water partition coefficient (Wildman–Crippen LogP) is 6.00. The molecule has 0 atom stereocenters. The van der Waals surface area contributed by atoms with Crippen LogP contribution >= 0.6 is 23.1 Å². The number of hydrogen-bond acceptors (Lipinski definition) is 7. The molecule has 180 valence electrons. The number of benzene rings is 2. The molecule has 0 radical (unpaired) electrons. The molecule has 1 amide bonds. The van der Waals surface area contributed by atoms with E-state index in [1.165, 1.54) is 24.5 Å². The highest BCUT2D eigenvalue weighted by Crippen LogP contribution is 2.30. The number of rotatable bonds is 11. The van der Waals surface area contributed by atoms with Crippen molar-refractivity contribution in [2.45, 2.75) is 38.1 Å². The first kappa shape index (κ1) is 25.7. The third-order valence-electron chi connectivity index (χ3n) is 4.92. The summed E-state index contributed by atoms with van der Waals surface area (Å²) < 4.78 is 18.4. The lowest BCUT2D eigenvalue weighted by Crippen LogP contribution is -2.12. The molecule has 0 aliphatic carbocycles. The van der Waals surface area contributed by atoms with E-state index >= 15 is 0 Å². The summed E-state index contributed by atoms with van der Waals surface area (Å²) in [7, 11) is 1.32. The van der Waals surface area contributed by atoms with Crippen LogP contribution in [0.4, 0.5) is 15.2 Å². The van der Waals surface area contributed by atoms with Crippen LogP contribution in [-0.4, -0.2) is 29.7 Å². The molecule has 6 nitrogen and oxygen atoms in total. The molecular weight excluding hydrogens is 473 g/mol. The van der Waals surface area contributed by atoms with Crippen molar-refractivity contribution in [1.29, 1.82) is 0 Å². The van der Waals surface area contributed by atoms with Crippen LogP contribution in [0.3, 0.4) is 0 Å². The highest BCUT2D eigenvalue weighted by molar-refractivity contribution is 7.99. The molecule has 2 N–H and O–H groups in total. The molecule has 0 spiro atoms. The molecule has 0 saturated carbocycles. The summed E-state index contributed by atoms with van der Waals surface area (Å²) in [6.07, 6.45) is 1.13. The van der Waals surface area contributed by atoms with E-state index < -0.39 is 0 Å². The minimum absolute atomic E-state index is 0.0660. The van der Waals surface area contributed by atoms with Crippen LogP contribution in [0.15, 0.2) is 52.7 Å². The van der Waals surface area contributed by atoms with Crippen molar-refractivity contribution < 1.29 is 18.7 Å². The van der Waals surface area contributed by atoms with Gasteiger partial charge in [0.25, 0.3) is 5.91 Å². The number of anilines is 2. The van der Waals surface area contributed by atoms with E-state index in [1.54, 1.807) is 41.4 Å². The van der Waals surface area contributed by atoms with Crippen molar-refractivity contribution in [3.63, 3.8) is 0 Å². The standard InChI is InChI=1S/C25H28FN3O3S2/c1-16(2)10-11-33-22-12-19(26)8-9-21(22)27-14-17-4-6-18(7-5-17)24(31)29-25-28-20(15-34-25)13-23(30)32-3/h4-9,12,15-16,27H,10-11,13-14H2,1-3H3,(H,28,29,31). The smallest absolute Gasteiger partial charge is 0.311 e. The quantitative estimate of drug-likeness (QED) is 0.248. The van der Waals surface area contributed by atoms with Crippen LogP contribution in [0, 0.1) is 11.7 Å². The Bertz CT molecular complexity index is 1120. The maximum Gasteiger partial charge on any atom is 0.311 e. The van der Waals surface area contributed by atoms with E-state index in [4.69, 9.17) is 0 Å². The van der Waals surface area contributed by atoms with Crippen LogP contribution in [0.2, 0.25) is 0 Å². The summed E-state index contributed by atoms with van der Waals surface area (Å²) in [4.78, 5) is 29.0. The van der Waals surface area contributed by atoms with Gasteiger partial charge < -0.3 is 10.1 Å². The lowest BCUT2D eigenvalue weighted by Gasteiger charge is -2.13. The topological polar surface area (TPSA) is 80.3 Å². The molecule has 1 heterocycles. The average molecular weight is 502 g/mol. The number of nitrogens with one attached hydrogen (secondary N) is 2. The van der Waals surface area contributed by atoms with Crippen molar-refractivity contribution in [2.24, 2.45) is 5.92 Å². The summed E-state index contributed by atoms with van der Waals surface area (Å²) in [6.45, 7) is 4.90. The highest BCUT2D eigenvalue weighted by atomic mass is 32.2. The Labute approximate surface area is 207 Å². The largest absolute Gasteiger partial charge is 0.469 e. The Kier molecular flexibility index (Phi) is 9.47. The first-order valence-corrected chi connectivity index (χ1v) is 12.8. The van der Waals surface area contributed by atoms with Crippen molar-refractivity contribution in [3.8, 4) is 0 Å². The second-order valence-corrected chi connectivity index (χ2v) is 10.1. The van der Waals surface area contributed by atoms with E-state index in [9.17, 15) is 14.0 Å². The molecule has 3 rings (SSSR count). The van der Waals surface area contributed by atoms with Gasteiger partial charge in [0.1, 0.15) is 5.82 Å². The van der Waals surface area contributed by atoms with Gasteiger partial charge in [-0.1, -0.05) is 26.0 Å². The van der Waals surface area contributed by atoms with Gasteiger partial charge in [0.2, 0.25) is 0 Å². The molecule has 1 aromatic heterocycles. The lowest BCUT2D eigenvalue weighted by atomic mass is 10.1. The monoisotopic (exact) mass is 501 g/mol. The fraction of sp³-hybridized carbons (Fsp3) is 0.320. The first-order valence-electron chi connectivity index (χ1n) is 10.9. The third kappa shape index (κ3) is 7.85. The van der Waals surface area contributed by atoms with Crippen LogP contribution in [0.1, 0.15) is 41.9 Å². The molecule has 0 unspecified atom stereocenters. The van der Waals surface area contributed by atoms with Crippen LogP contribution in [-0.2, 0) is 22.5 Å². The fourth-order valence-corrected chi connectivity index (χ4v) is 4.98. The van der Waals surface area contributed by atoms with Crippen LogP contribution < -0.4 is 10.6 Å². The zero-order valence-electron chi connectivity index (χ0n) is 19.4. The fourth-order valence-electron chi connectivity index (χ4n) is 2.97. The van der Waals surface area contributed by atoms with Crippen LogP contribution in [0.5, 0.6) is 0 Å². The van der Waals surface area contributed by atoms with Crippen LogP contribution in [0.25, 0.3) is 0 Å². The Morgan fingerprint density at radius 3 is 2.65 bits per heavy atom. The minimum Gasteiger partial charge on any atom is -0.469 e. The minimum atomic E-state index is -0.380. The predicted molar refractivity (Wildman–Crippen MR) is 136 cm³/mol. The molecule has 0 saturated heterocycles. The lowest BCUT2D eigenvalue weighted by molar-refractivity contribution is -0.139. The Balaban J connectivity index is 1.56. The number of thiazole rings is 1. The molecule has 0 fully saturated rings. The number of nitrogens with zero attached hydrogens (tertiary/aromatic N) is 1. The Morgan fingerprint density at radius 2 is 1.94 bits per heavy atom. The summed E-state index contributed by atoms with van der Waals surface area (Å²) >= 11 is 2.91. The number of thioether (sulfide) groups is 1. The molecule has 0 aliphatic heterocycles. The van der Waals surface area contributed by atoms with E-state index in [-0.39, 0.29) is 24.1 Å². The van der Waals surface area contributed by atoms with E-state index in [0.717, 1.165) is 28.3 Å². The van der Waals surface area contributed by atoms with E-state index in [1.807, 2.05) is 12.1 Å². The summed E-state index contributed by atoms with van der Waals surface area (Å²) in [5.74, 6) is 0.634. The summed E-state index contributed by atoms with van der Waals surface area (Å²) in [5, 5.41) is 8.26. The third-order valence-corrected chi connectivity index (χ3v) is 6.82. The zero-order chi connectivity index (χ0) is 24.5. The number of hydrogen-bond donors (Lipinski definition) is 2. The molecule has 2 aromatic carbocycles. The molecule has 34 heavy (non-hydrogen) atoms. The highest BCUT2D eigenvalue weighted by Gasteiger charge is 2.12. The second-order valence-electron chi connectivity index (χ2n) is 8.07. The number of carbonyl (C=O) groups excluding carboxylic acids is 2. The SMILES string of the molecule is COC(=O)Cc1csc(NC(=O)c2ccc(CNc3ccc(F)cc3SCCC(C)C)cc2)n1. The number of aromatic nitrogens is 1. The molecule has 9 heteroatoms. The molecule has 0 aliphatic rings. The zero-order valence-corrected chi connectivity index (χ0v) is 21.0. The summed E-state index contributed by atoms with van der Waals surface area (Å²) in [5.41, 5.74) is 2.94. The Hall–Kier alpha value is -2.91. The van der Waals surface area contributed by atoms with Crippen molar-refractivity contribution >= 4 is 45.8 Å². The number of carbonyl (C=O) groups is 2. The molecule has 0 bridgehead atoms. The van der Waals surface area contributed by atoms with Gasteiger partial charge in [-0.3, -0.25) is 14.9 Å². The van der Waals surface area contributed by atoms with Gasteiger partial charge in [-0.25, -0.2) is 9.37 Å². The number of esters is 1. The number of methoxy groups -OCH3 is 1. The maximum absolute atomic E-state index is 13.7. The average Bonchev–Trinajstić information content (AvgIpc) is 3.25.